The third-order valence-corrected chi connectivity index (χ3v) is 5.54. The summed E-state index contributed by atoms with van der Waals surface area (Å²) in [6.07, 6.45) is 2.17. The van der Waals surface area contributed by atoms with Crippen LogP contribution < -0.4 is 0 Å². The lowest BCUT2D eigenvalue weighted by Gasteiger charge is -2.45. The minimum Gasteiger partial charge on any atom is -0.396 e. The Balaban J connectivity index is 0.00000225. The molecule has 0 aliphatic carbocycles. The molecule has 4 rings (SSSR count). The van der Waals surface area contributed by atoms with Crippen LogP contribution in [-0.2, 0) is 13.0 Å². The average Bonchev–Trinajstić information content (AvgIpc) is 3.09. The third-order valence-electron chi connectivity index (χ3n) is 5.54. The monoisotopic (exact) mass is 406 g/mol. The Morgan fingerprint density at radius 3 is 2.79 bits per heavy atom. The van der Waals surface area contributed by atoms with Gasteiger partial charge < -0.3 is 10.2 Å². The van der Waals surface area contributed by atoms with Gasteiger partial charge in [-0.05, 0) is 42.7 Å². The van der Waals surface area contributed by atoms with E-state index < -0.39 is 11.5 Å². The quantitative estimate of drug-likeness (QED) is 0.605. The number of hydrogen-bond acceptors (Lipinski definition) is 5. The van der Waals surface area contributed by atoms with E-state index in [2.05, 4.69) is 20.1 Å². The summed E-state index contributed by atoms with van der Waals surface area (Å²) in [7, 11) is 0. The molecule has 0 unspecified atom stereocenters. The smallest absolute Gasteiger partial charge is 0.181 e. The van der Waals surface area contributed by atoms with Crippen LogP contribution in [0.2, 0.25) is 0 Å². The highest BCUT2D eigenvalue weighted by atomic mass is 35.5. The van der Waals surface area contributed by atoms with Crippen LogP contribution >= 0.6 is 12.4 Å². The number of halogens is 2. The maximum absolute atomic E-state index is 13.2. The van der Waals surface area contributed by atoms with Gasteiger partial charge in [-0.1, -0.05) is 12.1 Å². The van der Waals surface area contributed by atoms with E-state index in [0.29, 0.717) is 31.6 Å². The van der Waals surface area contributed by atoms with Crippen LogP contribution in [0, 0.1) is 11.2 Å². The number of H-pyrrole nitrogens is 1. The molecule has 1 aromatic carbocycles. The van der Waals surface area contributed by atoms with Crippen molar-refractivity contribution in [1.29, 1.82) is 0 Å². The predicted octanol–water partition coefficient (Wildman–Crippen LogP) is 2.31. The van der Waals surface area contributed by atoms with Gasteiger partial charge >= 0.3 is 0 Å². The van der Waals surface area contributed by atoms with Crippen molar-refractivity contribution >= 4 is 23.4 Å². The minimum absolute atomic E-state index is 0. The second-order valence-corrected chi connectivity index (χ2v) is 7.42. The second-order valence-electron chi connectivity index (χ2n) is 7.42. The van der Waals surface area contributed by atoms with E-state index in [0.717, 1.165) is 23.2 Å². The molecule has 28 heavy (non-hydrogen) atoms. The zero-order valence-corrected chi connectivity index (χ0v) is 16.2. The summed E-state index contributed by atoms with van der Waals surface area (Å²) >= 11 is 0. The number of hydrogen-bond donors (Lipinski definition) is 3. The zero-order valence-electron chi connectivity index (χ0n) is 15.4. The first-order chi connectivity index (χ1) is 13.1. The van der Waals surface area contributed by atoms with Crippen molar-refractivity contribution < 1.29 is 14.6 Å². The van der Waals surface area contributed by atoms with Crippen molar-refractivity contribution in [2.24, 2.45) is 5.41 Å². The summed E-state index contributed by atoms with van der Waals surface area (Å²) < 4.78 is 13.2. The minimum atomic E-state index is -0.676. The normalized spacial score (nSPS) is 22.9. The van der Waals surface area contributed by atoms with Gasteiger partial charge in [-0.3, -0.25) is 10.00 Å². The molecule has 0 saturated carbocycles. The van der Waals surface area contributed by atoms with Crippen LogP contribution in [0.4, 0.5) is 4.39 Å². The van der Waals surface area contributed by atoms with Gasteiger partial charge in [-0.25, -0.2) is 9.37 Å². The lowest BCUT2D eigenvalue weighted by Crippen LogP contribution is -2.54. The maximum atomic E-state index is 13.2. The van der Waals surface area contributed by atoms with Crippen LogP contribution in [0.1, 0.15) is 17.7 Å². The Morgan fingerprint density at radius 1 is 1.25 bits per heavy atom. The number of nitrogens with one attached hydrogen (secondary N) is 1. The molecule has 3 aromatic rings. The van der Waals surface area contributed by atoms with Crippen LogP contribution in [0.5, 0.6) is 0 Å². The first-order valence-corrected chi connectivity index (χ1v) is 9.13. The van der Waals surface area contributed by atoms with Gasteiger partial charge in [0, 0.05) is 36.6 Å². The van der Waals surface area contributed by atoms with Crippen LogP contribution in [0.3, 0.4) is 0 Å². The van der Waals surface area contributed by atoms with Crippen molar-refractivity contribution in [3.8, 4) is 0 Å². The number of pyridine rings is 1. The summed E-state index contributed by atoms with van der Waals surface area (Å²) in [5.74, 6) is -0.289. The van der Waals surface area contributed by atoms with Crippen LogP contribution in [0.25, 0.3) is 11.0 Å². The molecule has 3 heterocycles. The predicted molar refractivity (Wildman–Crippen MR) is 107 cm³/mol. The van der Waals surface area contributed by atoms with Crippen molar-refractivity contribution in [3.63, 3.8) is 0 Å². The topological polar surface area (TPSA) is 85.3 Å². The van der Waals surface area contributed by atoms with Crippen molar-refractivity contribution in [2.75, 3.05) is 19.7 Å². The number of fused-ring (bicyclic) bond motifs is 1. The Hall–Kier alpha value is -2.06. The molecule has 1 saturated heterocycles. The fourth-order valence-electron chi connectivity index (χ4n) is 4.02. The standard InChI is InChI=1S/C20H23FN4O2.ClH/c21-15-5-3-14(4-6-15)10-20(13-26)12-25(9-7-18(20)27)11-17-16-2-1-8-22-19(16)24-23-17;/h1-6,8,18,26-27H,7,9-13H2,(H,22,23,24);1H/t18-,20-;/m0./s1. The third kappa shape index (κ3) is 4.03. The number of likely N-dealkylation sites (tertiary alicyclic amines) is 1. The van der Waals surface area contributed by atoms with Gasteiger partial charge in [0.25, 0.3) is 0 Å². The molecule has 2 aromatic heterocycles. The number of rotatable bonds is 5. The Labute approximate surface area is 168 Å². The summed E-state index contributed by atoms with van der Waals surface area (Å²) in [6.45, 7) is 1.78. The summed E-state index contributed by atoms with van der Waals surface area (Å²) in [5, 5.41) is 29.1. The molecular formula is C20H24ClFN4O2. The molecule has 1 aliphatic rings. The molecule has 0 radical (unpaired) electrons. The summed E-state index contributed by atoms with van der Waals surface area (Å²) in [6, 6.07) is 10.1. The molecule has 6 nitrogen and oxygen atoms in total. The van der Waals surface area contributed by atoms with E-state index in [-0.39, 0.29) is 24.8 Å². The number of nitrogens with zero attached hydrogens (tertiary/aromatic N) is 3. The first-order valence-electron chi connectivity index (χ1n) is 9.13. The van der Waals surface area contributed by atoms with Gasteiger partial charge in [0.1, 0.15) is 5.82 Å². The highest BCUT2D eigenvalue weighted by Crippen LogP contribution is 2.34. The Morgan fingerprint density at radius 2 is 2.04 bits per heavy atom. The highest BCUT2D eigenvalue weighted by molar-refractivity contribution is 5.85. The fourth-order valence-corrected chi connectivity index (χ4v) is 4.02. The number of aliphatic hydroxyl groups is 2. The van der Waals surface area contributed by atoms with Gasteiger partial charge in [0.05, 0.1) is 18.4 Å². The van der Waals surface area contributed by atoms with E-state index in [1.54, 1.807) is 18.3 Å². The lowest BCUT2D eigenvalue weighted by atomic mass is 9.73. The Bertz CT molecular complexity index is 920. The SMILES string of the molecule is Cl.OC[C@]1(Cc2ccc(F)cc2)CN(Cc2[nH]nc3ncccc23)CC[C@@H]1O. The molecule has 1 fully saturated rings. The van der Waals surface area contributed by atoms with Crippen LogP contribution in [-0.4, -0.2) is 56.1 Å². The van der Waals surface area contributed by atoms with E-state index >= 15 is 0 Å². The van der Waals surface area contributed by atoms with E-state index in [9.17, 15) is 14.6 Å². The molecule has 1 aliphatic heterocycles. The molecule has 8 heteroatoms. The van der Waals surface area contributed by atoms with Gasteiger partial charge in [0.15, 0.2) is 5.65 Å². The first kappa shape index (κ1) is 20.7. The summed E-state index contributed by atoms with van der Waals surface area (Å²) in [5.41, 5.74) is 1.89. The van der Waals surface area contributed by atoms with Crippen molar-refractivity contribution in [1.82, 2.24) is 20.1 Å². The highest BCUT2D eigenvalue weighted by Gasteiger charge is 2.42. The summed E-state index contributed by atoms with van der Waals surface area (Å²) in [4.78, 5) is 6.46. The molecule has 3 N–H and O–H groups in total. The lowest BCUT2D eigenvalue weighted by molar-refractivity contribution is -0.0770. The number of aliphatic hydroxyl groups excluding tert-OH is 2. The van der Waals surface area contributed by atoms with Gasteiger partial charge in [-0.15, -0.1) is 12.4 Å². The molecule has 0 amide bonds. The van der Waals surface area contributed by atoms with Crippen molar-refractivity contribution in [2.45, 2.75) is 25.5 Å². The Kier molecular flexibility index (Phi) is 6.30. The number of aromatic amines is 1. The number of piperidine rings is 1. The van der Waals surface area contributed by atoms with E-state index in [1.807, 2.05) is 12.1 Å². The maximum Gasteiger partial charge on any atom is 0.181 e. The van der Waals surface area contributed by atoms with Crippen LogP contribution in [0.15, 0.2) is 42.6 Å². The largest absolute Gasteiger partial charge is 0.396 e. The number of benzene rings is 1. The molecule has 150 valence electrons. The van der Waals surface area contributed by atoms with Gasteiger partial charge in [0.2, 0.25) is 0 Å². The zero-order chi connectivity index (χ0) is 18.9. The fraction of sp³-hybridized carbons (Fsp3) is 0.400. The number of aromatic nitrogens is 3. The van der Waals surface area contributed by atoms with Crippen molar-refractivity contribution in [3.05, 3.63) is 59.7 Å². The van der Waals surface area contributed by atoms with E-state index in [1.165, 1.54) is 12.1 Å². The second kappa shape index (κ2) is 8.53. The molecule has 0 bridgehead atoms. The van der Waals surface area contributed by atoms with Gasteiger partial charge in [-0.2, -0.15) is 5.10 Å². The molecular weight excluding hydrogens is 383 g/mol. The molecule has 2 atom stereocenters. The average molecular weight is 407 g/mol. The molecule has 0 spiro atoms. The van der Waals surface area contributed by atoms with E-state index in [4.69, 9.17) is 0 Å².